The van der Waals surface area contributed by atoms with Gasteiger partial charge in [0.25, 0.3) is 0 Å². The molecule has 1 aromatic heterocycles. The highest BCUT2D eigenvalue weighted by Gasteiger charge is 2.33. The molecule has 6 heteroatoms. The second-order valence-corrected chi connectivity index (χ2v) is 8.77. The highest BCUT2D eigenvalue weighted by molar-refractivity contribution is 6.80. The second-order valence-electron chi connectivity index (χ2n) is 8.77. The molecule has 0 aliphatic carbocycles. The van der Waals surface area contributed by atoms with E-state index >= 15 is 0 Å². The van der Waals surface area contributed by atoms with Gasteiger partial charge in [0.2, 0.25) is 0 Å². The summed E-state index contributed by atoms with van der Waals surface area (Å²) in [5, 5.41) is 4.49. The van der Waals surface area contributed by atoms with E-state index in [0.717, 1.165) is 27.4 Å². The van der Waals surface area contributed by atoms with Crippen LogP contribution in [0.3, 0.4) is 0 Å². The van der Waals surface area contributed by atoms with Crippen LogP contribution in [0.15, 0.2) is 85.1 Å². The number of hydrogen-bond acceptors (Lipinski definition) is 4. The van der Waals surface area contributed by atoms with Crippen molar-refractivity contribution in [2.75, 3.05) is 6.61 Å². The molecule has 32 heavy (non-hydrogen) atoms. The van der Waals surface area contributed by atoms with Crippen molar-refractivity contribution in [2.24, 2.45) is 0 Å². The van der Waals surface area contributed by atoms with Crippen molar-refractivity contribution in [1.82, 2.24) is 10.3 Å². The van der Waals surface area contributed by atoms with Gasteiger partial charge in [-0.25, -0.2) is 4.39 Å². The van der Waals surface area contributed by atoms with Crippen LogP contribution < -0.4 is 20.9 Å². The zero-order valence-electron chi connectivity index (χ0n) is 18.1. The fraction of sp³-hybridized carbons (Fsp3) is 0.192. The van der Waals surface area contributed by atoms with Gasteiger partial charge in [0, 0.05) is 17.1 Å². The van der Waals surface area contributed by atoms with Crippen LogP contribution in [-0.4, -0.2) is 24.0 Å². The molecule has 1 unspecified atom stereocenters. The third-order valence-electron chi connectivity index (χ3n) is 5.64. The summed E-state index contributed by atoms with van der Waals surface area (Å²) in [4.78, 5) is 4.51. The van der Waals surface area contributed by atoms with Crippen LogP contribution in [0.25, 0.3) is 10.9 Å². The molecule has 1 saturated heterocycles. The molecule has 0 bridgehead atoms. The summed E-state index contributed by atoms with van der Waals surface area (Å²) in [7, 11) is 0. The standard InChI is InChI=1S/C26H24BFN2O2/c1-26(2)17-31-25(30-26)19-8-3-10-20(15-19)27(21-11-5-12-22(28)16-21)32-23-13-4-7-18-9-6-14-29-24(18)23/h3-16,25,30H,17H2,1-2H3. The number of nitrogens with one attached hydrogen (secondary N) is 1. The summed E-state index contributed by atoms with van der Waals surface area (Å²) in [5.74, 6) is 0.352. The predicted molar refractivity (Wildman–Crippen MR) is 126 cm³/mol. The van der Waals surface area contributed by atoms with Crippen LogP contribution in [0.5, 0.6) is 5.75 Å². The van der Waals surface area contributed by atoms with E-state index in [1.54, 1.807) is 12.3 Å². The lowest BCUT2D eigenvalue weighted by atomic mass is 9.55. The first-order valence-electron chi connectivity index (χ1n) is 10.7. The maximum atomic E-state index is 14.1. The van der Waals surface area contributed by atoms with Gasteiger partial charge in [-0.2, -0.15) is 0 Å². The third-order valence-corrected chi connectivity index (χ3v) is 5.64. The molecular formula is C26H24BFN2O2. The lowest BCUT2D eigenvalue weighted by molar-refractivity contribution is 0.0990. The number of rotatable bonds is 5. The fourth-order valence-corrected chi connectivity index (χ4v) is 4.09. The first-order valence-corrected chi connectivity index (χ1v) is 10.7. The van der Waals surface area contributed by atoms with Gasteiger partial charge in [0.05, 0.1) is 6.61 Å². The first-order chi connectivity index (χ1) is 15.5. The Bertz CT molecular complexity index is 1260. The Morgan fingerprint density at radius 2 is 1.75 bits per heavy atom. The second kappa shape index (κ2) is 8.38. The fourth-order valence-electron chi connectivity index (χ4n) is 4.09. The molecular weight excluding hydrogens is 402 g/mol. The van der Waals surface area contributed by atoms with Crippen molar-refractivity contribution >= 4 is 28.7 Å². The number of nitrogens with zero attached hydrogens (tertiary/aromatic N) is 1. The number of benzene rings is 3. The van der Waals surface area contributed by atoms with Gasteiger partial charge in [-0.1, -0.05) is 54.6 Å². The molecule has 1 fully saturated rings. The highest BCUT2D eigenvalue weighted by Crippen LogP contribution is 2.26. The Morgan fingerprint density at radius 1 is 1.00 bits per heavy atom. The van der Waals surface area contributed by atoms with Gasteiger partial charge in [-0.05, 0) is 54.6 Å². The lowest BCUT2D eigenvalue weighted by Crippen LogP contribution is -2.48. The minimum atomic E-state index is -0.507. The first kappa shape index (κ1) is 20.7. The van der Waals surface area contributed by atoms with Crippen molar-refractivity contribution < 1.29 is 13.8 Å². The van der Waals surface area contributed by atoms with E-state index < -0.39 is 6.92 Å². The van der Waals surface area contributed by atoms with Crippen molar-refractivity contribution in [3.05, 3.63) is 96.4 Å². The number of para-hydroxylation sites is 1. The minimum absolute atomic E-state index is 0.0895. The van der Waals surface area contributed by atoms with E-state index in [-0.39, 0.29) is 17.6 Å². The SMILES string of the molecule is CC1(C)COC(c2cccc(B(Oc3cccc4cccnc34)c3cccc(F)c3)c2)N1. The van der Waals surface area contributed by atoms with E-state index in [1.807, 2.05) is 54.6 Å². The topological polar surface area (TPSA) is 43.4 Å². The molecule has 1 N–H and O–H groups in total. The van der Waals surface area contributed by atoms with Crippen LogP contribution in [0.1, 0.15) is 25.6 Å². The van der Waals surface area contributed by atoms with Crippen molar-refractivity contribution in [3.63, 3.8) is 0 Å². The van der Waals surface area contributed by atoms with Crippen molar-refractivity contribution in [1.29, 1.82) is 0 Å². The Kier molecular flexibility index (Phi) is 5.41. The number of pyridine rings is 1. The highest BCUT2D eigenvalue weighted by atomic mass is 19.1. The monoisotopic (exact) mass is 426 g/mol. The molecule has 4 nitrogen and oxygen atoms in total. The average Bonchev–Trinajstić information content (AvgIpc) is 3.17. The molecule has 2 heterocycles. The predicted octanol–water partition coefficient (Wildman–Crippen LogP) is 3.96. The van der Waals surface area contributed by atoms with Gasteiger partial charge in [-0.3, -0.25) is 10.3 Å². The Morgan fingerprint density at radius 3 is 2.53 bits per heavy atom. The summed E-state index contributed by atoms with van der Waals surface area (Å²) in [5.41, 5.74) is 3.34. The average molecular weight is 426 g/mol. The maximum Gasteiger partial charge on any atom is 0.426 e. The number of fused-ring (bicyclic) bond motifs is 1. The number of aromatic nitrogens is 1. The van der Waals surface area contributed by atoms with Crippen LogP contribution in [-0.2, 0) is 4.74 Å². The van der Waals surface area contributed by atoms with Gasteiger partial charge >= 0.3 is 6.92 Å². The summed E-state index contributed by atoms with van der Waals surface area (Å²) < 4.78 is 26.6. The quantitative estimate of drug-likeness (QED) is 0.491. The molecule has 0 spiro atoms. The smallest absolute Gasteiger partial charge is 0.426 e. The molecule has 1 atom stereocenters. The maximum absolute atomic E-state index is 14.1. The van der Waals surface area contributed by atoms with Gasteiger partial charge < -0.3 is 9.39 Å². The van der Waals surface area contributed by atoms with E-state index in [2.05, 4.69) is 30.2 Å². The van der Waals surface area contributed by atoms with E-state index in [0.29, 0.717) is 12.4 Å². The molecule has 0 radical (unpaired) electrons. The largest absolute Gasteiger partial charge is 0.550 e. The van der Waals surface area contributed by atoms with Crippen LogP contribution in [0, 0.1) is 5.82 Å². The van der Waals surface area contributed by atoms with E-state index in [1.165, 1.54) is 12.1 Å². The molecule has 5 rings (SSSR count). The van der Waals surface area contributed by atoms with Crippen molar-refractivity contribution in [3.8, 4) is 5.75 Å². The minimum Gasteiger partial charge on any atom is -0.550 e. The lowest BCUT2D eigenvalue weighted by Gasteiger charge is -2.20. The van der Waals surface area contributed by atoms with Gasteiger partial charge in [0.15, 0.2) is 0 Å². The summed E-state index contributed by atoms with van der Waals surface area (Å²) in [6.07, 6.45) is 1.55. The zero-order chi connectivity index (χ0) is 22.1. The molecule has 160 valence electrons. The molecule has 3 aromatic carbocycles. The Hall–Kier alpha value is -3.22. The van der Waals surface area contributed by atoms with Crippen LogP contribution in [0.4, 0.5) is 4.39 Å². The Balaban J connectivity index is 1.56. The molecule has 1 aliphatic heterocycles. The molecule has 1 aliphatic rings. The van der Waals surface area contributed by atoms with Gasteiger partial charge in [0.1, 0.15) is 23.3 Å². The summed E-state index contributed by atoms with van der Waals surface area (Å²) >= 11 is 0. The van der Waals surface area contributed by atoms with Crippen LogP contribution >= 0.6 is 0 Å². The van der Waals surface area contributed by atoms with Crippen molar-refractivity contribution in [2.45, 2.75) is 25.6 Å². The van der Waals surface area contributed by atoms with E-state index in [9.17, 15) is 4.39 Å². The van der Waals surface area contributed by atoms with Crippen LogP contribution in [0.2, 0.25) is 0 Å². The van der Waals surface area contributed by atoms with E-state index in [4.69, 9.17) is 9.39 Å². The summed E-state index contributed by atoms with van der Waals surface area (Å²) in [6.45, 7) is 4.35. The zero-order valence-corrected chi connectivity index (χ0v) is 18.1. The number of halogens is 1. The molecule has 4 aromatic rings. The Labute approximate surface area is 187 Å². The summed E-state index contributed by atoms with van der Waals surface area (Å²) in [6, 6.07) is 24.4. The molecule has 0 amide bonds. The third kappa shape index (κ3) is 4.24. The molecule has 0 saturated carbocycles. The van der Waals surface area contributed by atoms with Gasteiger partial charge in [-0.15, -0.1) is 0 Å². The number of hydrogen-bond donors (Lipinski definition) is 1. The number of ether oxygens (including phenoxy) is 1. The normalized spacial score (nSPS) is 17.4.